The van der Waals surface area contributed by atoms with Gasteiger partial charge >= 0.3 is 0 Å². The Morgan fingerprint density at radius 3 is 2.26 bits per heavy atom. The van der Waals surface area contributed by atoms with Crippen molar-refractivity contribution in [3.05, 3.63) is 23.8 Å². The van der Waals surface area contributed by atoms with Crippen LogP contribution in [0.5, 0.6) is 11.5 Å². The third-order valence-corrected chi connectivity index (χ3v) is 3.55. The number of nitrogens with zero attached hydrogens (tertiary/aromatic N) is 2. The van der Waals surface area contributed by atoms with E-state index in [-0.39, 0.29) is 18.4 Å². The Labute approximate surface area is 138 Å². The predicted molar refractivity (Wildman–Crippen MR) is 89.1 cm³/mol. The molecule has 23 heavy (non-hydrogen) atoms. The highest BCUT2D eigenvalue weighted by molar-refractivity contribution is 5.96. The van der Waals surface area contributed by atoms with Gasteiger partial charge in [-0.05, 0) is 39.0 Å². The topological polar surface area (TPSA) is 59.1 Å². The third-order valence-electron chi connectivity index (χ3n) is 3.55. The fourth-order valence-electron chi connectivity index (χ4n) is 2.25. The molecule has 1 aromatic carbocycles. The molecule has 0 radical (unpaired) electrons. The van der Waals surface area contributed by atoms with Crippen LogP contribution in [0, 0.1) is 0 Å². The zero-order valence-electron chi connectivity index (χ0n) is 14.6. The van der Waals surface area contributed by atoms with Crippen molar-refractivity contribution in [2.24, 2.45) is 0 Å². The molecule has 0 bridgehead atoms. The Morgan fingerprint density at radius 1 is 1.09 bits per heavy atom. The van der Waals surface area contributed by atoms with Gasteiger partial charge in [-0.15, -0.1) is 0 Å². The number of hydrogen-bond donors (Lipinski definition) is 0. The molecule has 0 aliphatic heterocycles. The van der Waals surface area contributed by atoms with E-state index in [1.165, 1.54) is 4.90 Å². The summed E-state index contributed by atoms with van der Waals surface area (Å²) in [5.74, 6) is 0.799. The summed E-state index contributed by atoms with van der Waals surface area (Å²) in [5.41, 5.74) is 0.462. The molecule has 0 spiro atoms. The molecule has 0 atom stereocenters. The first-order valence-electron chi connectivity index (χ1n) is 7.82. The zero-order valence-corrected chi connectivity index (χ0v) is 14.6. The van der Waals surface area contributed by atoms with Crippen LogP contribution in [0.25, 0.3) is 0 Å². The molecule has 0 aliphatic rings. The van der Waals surface area contributed by atoms with Gasteiger partial charge in [0.2, 0.25) is 5.91 Å². The number of hydrogen-bond acceptors (Lipinski definition) is 4. The Morgan fingerprint density at radius 2 is 1.74 bits per heavy atom. The van der Waals surface area contributed by atoms with Crippen molar-refractivity contribution in [3.63, 3.8) is 0 Å². The van der Waals surface area contributed by atoms with Gasteiger partial charge in [0.25, 0.3) is 5.91 Å². The molecule has 0 unspecified atom stereocenters. The molecule has 1 rings (SSSR count). The average Bonchev–Trinajstić information content (AvgIpc) is 2.55. The van der Waals surface area contributed by atoms with Crippen molar-refractivity contribution >= 4 is 11.8 Å². The van der Waals surface area contributed by atoms with Crippen molar-refractivity contribution in [2.45, 2.75) is 20.8 Å². The maximum Gasteiger partial charge on any atom is 0.254 e. The van der Waals surface area contributed by atoms with Gasteiger partial charge in [0, 0.05) is 25.7 Å². The van der Waals surface area contributed by atoms with E-state index in [1.807, 2.05) is 20.8 Å². The fourth-order valence-corrected chi connectivity index (χ4v) is 2.25. The molecule has 2 amide bonds. The summed E-state index contributed by atoms with van der Waals surface area (Å²) in [7, 11) is 3.17. The summed E-state index contributed by atoms with van der Waals surface area (Å²) in [4.78, 5) is 27.7. The van der Waals surface area contributed by atoms with Crippen molar-refractivity contribution in [3.8, 4) is 11.5 Å². The fraction of sp³-hybridized carbons (Fsp3) is 0.529. The second kappa shape index (κ2) is 9.02. The lowest BCUT2D eigenvalue weighted by Crippen LogP contribution is -2.41. The minimum absolute atomic E-state index is 0.0521. The van der Waals surface area contributed by atoms with E-state index in [9.17, 15) is 9.59 Å². The highest BCUT2D eigenvalue weighted by Gasteiger charge is 2.19. The molecule has 6 heteroatoms. The standard InChI is InChI=1S/C17H26N2O4/c1-6-19(7-2)16(20)12-18(4)17(21)13-9-10-14(22-5)15(11-13)23-8-3/h9-11H,6-8,12H2,1-5H3. The first kappa shape index (κ1) is 18.8. The summed E-state index contributed by atoms with van der Waals surface area (Å²) in [6.07, 6.45) is 0. The van der Waals surface area contributed by atoms with E-state index in [4.69, 9.17) is 9.47 Å². The van der Waals surface area contributed by atoms with Crippen LogP contribution in [0.4, 0.5) is 0 Å². The molecule has 0 heterocycles. The van der Waals surface area contributed by atoms with Gasteiger partial charge in [0.05, 0.1) is 20.3 Å². The van der Waals surface area contributed by atoms with Crippen molar-refractivity contribution < 1.29 is 19.1 Å². The van der Waals surface area contributed by atoms with Crippen LogP contribution in [0.15, 0.2) is 18.2 Å². The normalized spacial score (nSPS) is 10.1. The first-order valence-corrected chi connectivity index (χ1v) is 7.82. The van der Waals surface area contributed by atoms with Gasteiger partial charge in [-0.2, -0.15) is 0 Å². The third kappa shape index (κ3) is 4.87. The van der Waals surface area contributed by atoms with E-state index < -0.39 is 0 Å². The maximum atomic E-state index is 12.5. The van der Waals surface area contributed by atoms with E-state index in [0.717, 1.165) is 0 Å². The number of carbonyl (C=O) groups is 2. The minimum atomic E-state index is -0.228. The lowest BCUT2D eigenvalue weighted by Gasteiger charge is -2.23. The summed E-state index contributed by atoms with van der Waals surface area (Å²) >= 11 is 0. The Kier molecular flexibility index (Phi) is 7.38. The van der Waals surface area contributed by atoms with Gasteiger partial charge < -0.3 is 19.3 Å². The number of methoxy groups -OCH3 is 1. The van der Waals surface area contributed by atoms with Crippen LogP contribution in [0.1, 0.15) is 31.1 Å². The highest BCUT2D eigenvalue weighted by Crippen LogP contribution is 2.28. The molecule has 6 nitrogen and oxygen atoms in total. The monoisotopic (exact) mass is 322 g/mol. The van der Waals surface area contributed by atoms with Gasteiger partial charge in [-0.25, -0.2) is 0 Å². The van der Waals surface area contributed by atoms with Crippen LogP contribution in [0.3, 0.4) is 0 Å². The van der Waals surface area contributed by atoms with E-state index in [2.05, 4.69) is 0 Å². The largest absolute Gasteiger partial charge is 0.493 e. The van der Waals surface area contributed by atoms with Crippen LogP contribution in [0.2, 0.25) is 0 Å². The summed E-state index contributed by atoms with van der Waals surface area (Å²) in [6.45, 7) is 7.49. The molecular formula is C17H26N2O4. The Bertz CT molecular complexity index is 541. The summed E-state index contributed by atoms with van der Waals surface area (Å²) in [6, 6.07) is 5.00. The number of ether oxygens (including phenoxy) is 2. The molecule has 128 valence electrons. The first-order chi connectivity index (χ1) is 11.0. The van der Waals surface area contributed by atoms with Gasteiger partial charge in [-0.3, -0.25) is 9.59 Å². The Balaban J connectivity index is 2.87. The minimum Gasteiger partial charge on any atom is -0.493 e. The molecule has 0 saturated carbocycles. The molecule has 0 aromatic heterocycles. The second-order valence-electron chi connectivity index (χ2n) is 5.03. The van der Waals surface area contributed by atoms with Gasteiger partial charge in [0.15, 0.2) is 11.5 Å². The van der Waals surface area contributed by atoms with E-state index >= 15 is 0 Å². The van der Waals surface area contributed by atoms with Crippen molar-refractivity contribution in [2.75, 3.05) is 40.4 Å². The molecule has 0 saturated heterocycles. The molecule has 0 N–H and O–H groups in total. The maximum absolute atomic E-state index is 12.5. The number of carbonyl (C=O) groups excluding carboxylic acids is 2. The molecule has 0 aliphatic carbocycles. The lowest BCUT2D eigenvalue weighted by atomic mass is 10.1. The second-order valence-corrected chi connectivity index (χ2v) is 5.03. The van der Waals surface area contributed by atoms with E-state index in [1.54, 1.807) is 37.3 Å². The van der Waals surface area contributed by atoms with Crippen LogP contribution >= 0.6 is 0 Å². The number of benzene rings is 1. The van der Waals surface area contributed by atoms with Gasteiger partial charge in [-0.1, -0.05) is 0 Å². The smallest absolute Gasteiger partial charge is 0.254 e. The Hall–Kier alpha value is -2.24. The lowest BCUT2D eigenvalue weighted by molar-refractivity contribution is -0.131. The summed E-state index contributed by atoms with van der Waals surface area (Å²) < 4.78 is 10.7. The number of likely N-dealkylation sites (N-methyl/N-ethyl adjacent to an activating group) is 2. The van der Waals surface area contributed by atoms with Crippen molar-refractivity contribution in [1.29, 1.82) is 0 Å². The SMILES string of the molecule is CCOc1cc(C(=O)N(C)CC(=O)N(CC)CC)ccc1OC. The number of amides is 2. The molecular weight excluding hydrogens is 296 g/mol. The highest BCUT2D eigenvalue weighted by atomic mass is 16.5. The molecule has 1 aromatic rings. The van der Waals surface area contributed by atoms with Crippen LogP contribution < -0.4 is 9.47 Å². The van der Waals surface area contributed by atoms with E-state index in [0.29, 0.717) is 36.8 Å². The van der Waals surface area contributed by atoms with Crippen LogP contribution in [-0.2, 0) is 4.79 Å². The quantitative estimate of drug-likeness (QED) is 0.735. The summed E-state index contributed by atoms with van der Waals surface area (Å²) in [5, 5.41) is 0. The molecule has 0 fully saturated rings. The average molecular weight is 322 g/mol. The number of rotatable bonds is 8. The zero-order chi connectivity index (χ0) is 17.4. The predicted octanol–water partition coefficient (Wildman–Crippen LogP) is 2.03. The van der Waals surface area contributed by atoms with Crippen molar-refractivity contribution in [1.82, 2.24) is 9.80 Å². The van der Waals surface area contributed by atoms with Gasteiger partial charge in [0.1, 0.15) is 0 Å². The van der Waals surface area contributed by atoms with Crippen LogP contribution in [-0.4, -0.2) is 62.0 Å².